The fourth-order valence-corrected chi connectivity index (χ4v) is 1.67. The van der Waals surface area contributed by atoms with Gasteiger partial charge in [-0.25, -0.2) is 0 Å². The van der Waals surface area contributed by atoms with E-state index in [1.165, 1.54) is 12.1 Å². The molecule has 0 amide bonds. The summed E-state index contributed by atoms with van der Waals surface area (Å²) >= 11 is 5.73. The van der Waals surface area contributed by atoms with Gasteiger partial charge in [0.15, 0.2) is 5.82 Å². The number of nitro groups is 1. The van der Waals surface area contributed by atoms with Crippen LogP contribution in [-0.4, -0.2) is 15.1 Å². The molecule has 0 saturated carbocycles. The molecule has 0 spiro atoms. The molecule has 0 radical (unpaired) electrons. The number of aromatic nitrogens is 2. The summed E-state index contributed by atoms with van der Waals surface area (Å²) in [5.41, 5.74) is 0.311. The molecule has 1 aromatic heterocycles. The highest BCUT2D eigenvalue weighted by atomic mass is 35.5. The Morgan fingerprint density at radius 1 is 1.50 bits per heavy atom. The van der Waals surface area contributed by atoms with Crippen molar-refractivity contribution in [3.8, 4) is 11.5 Å². The Morgan fingerprint density at radius 3 is 2.94 bits per heavy atom. The van der Waals surface area contributed by atoms with Gasteiger partial charge < -0.3 is 4.52 Å². The largest absolute Gasteiger partial charge is 0.334 e. The van der Waals surface area contributed by atoms with E-state index in [-0.39, 0.29) is 16.6 Å². The topological polar surface area (TPSA) is 82.1 Å². The molecule has 0 aliphatic carbocycles. The van der Waals surface area contributed by atoms with Gasteiger partial charge in [0.25, 0.3) is 11.6 Å². The number of aryl methyl sites for hydroxylation is 1. The van der Waals surface area contributed by atoms with Crippen molar-refractivity contribution in [3.05, 3.63) is 39.2 Å². The Labute approximate surface area is 108 Å². The lowest BCUT2D eigenvalue weighted by Crippen LogP contribution is -1.90. The van der Waals surface area contributed by atoms with Crippen LogP contribution in [0.5, 0.6) is 0 Å². The van der Waals surface area contributed by atoms with Gasteiger partial charge in [0.1, 0.15) is 5.02 Å². The fourth-order valence-electron chi connectivity index (χ4n) is 1.48. The molecule has 1 aromatic carbocycles. The second-order valence-electron chi connectivity index (χ2n) is 3.69. The molecule has 0 atom stereocenters. The standard InChI is InChI=1S/C11H10ClN3O3/c1-2-3-10-13-11(18-14-10)7-4-5-8(12)9(6-7)15(16)17/h4-6H,2-3H2,1H3. The van der Waals surface area contributed by atoms with Crippen LogP contribution in [0.25, 0.3) is 11.5 Å². The minimum absolute atomic E-state index is 0.0806. The summed E-state index contributed by atoms with van der Waals surface area (Å²) in [6.45, 7) is 2.00. The highest BCUT2D eigenvalue weighted by Crippen LogP contribution is 2.29. The number of hydrogen-bond acceptors (Lipinski definition) is 5. The molecule has 18 heavy (non-hydrogen) atoms. The lowest BCUT2D eigenvalue weighted by Gasteiger charge is -1.97. The predicted molar refractivity (Wildman–Crippen MR) is 65.4 cm³/mol. The van der Waals surface area contributed by atoms with Crippen LogP contribution in [0.3, 0.4) is 0 Å². The molecular weight excluding hydrogens is 258 g/mol. The molecule has 6 nitrogen and oxygen atoms in total. The summed E-state index contributed by atoms with van der Waals surface area (Å²) in [7, 11) is 0. The van der Waals surface area contributed by atoms with Gasteiger partial charge in [0.05, 0.1) is 4.92 Å². The van der Waals surface area contributed by atoms with E-state index in [2.05, 4.69) is 10.1 Å². The Morgan fingerprint density at radius 2 is 2.28 bits per heavy atom. The van der Waals surface area contributed by atoms with E-state index in [0.717, 1.165) is 6.42 Å². The van der Waals surface area contributed by atoms with Gasteiger partial charge in [-0.3, -0.25) is 10.1 Å². The third kappa shape index (κ3) is 2.48. The van der Waals surface area contributed by atoms with E-state index in [1.807, 2.05) is 6.92 Å². The normalized spacial score (nSPS) is 10.6. The number of benzene rings is 1. The smallest absolute Gasteiger partial charge is 0.288 e. The molecule has 0 fully saturated rings. The summed E-state index contributed by atoms with van der Waals surface area (Å²) < 4.78 is 5.05. The number of nitrogens with zero attached hydrogens (tertiary/aromatic N) is 3. The Kier molecular flexibility index (Phi) is 3.57. The van der Waals surface area contributed by atoms with Crippen LogP contribution in [0.2, 0.25) is 5.02 Å². The molecule has 7 heteroatoms. The first-order valence-corrected chi connectivity index (χ1v) is 5.76. The van der Waals surface area contributed by atoms with E-state index in [0.29, 0.717) is 17.8 Å². The van der Waals surface area contributed by atoms with Crippen molar-refractivity contribution in [2.45, 2.75) is 19.8 Å². The van der Waals surface area contributed by atoms with Crippen molar-refractivity contribution in [2.24, 2.45) is 0 Å². The lowest BCUT2D eigenvalue weighted by atomic mass is 10.2. The molecular formula is C11H10ClN3O3. The Balaban J connectivity index is 2.38. The molecule has 0 bridgehead atoms. The van der Waals surface area contributed by atoms with Crippen LogP contribution in [0.1, 0.15) is 19.2 Å². The van der Waals surface area contributed by atoms with Crippen LogP contribution in [0.15, 0.2) is 22.7 Å². The minimum atomic E-state index is -0.546. The predicted octanol–water partition coefficient (Wildman–Crippen LogP) is 3.25. The number of hydrogen-bond donors (Lipinski definition) is 0. The molecule has 0 aliphatic rings. The monoisotopic (exact) mass is 267 g/mol. The van der Waals surface area contributed by atoms with Gasteiger partial charge in [0.2, 0.25) is 0 Å². The summed E-state index contributed by atoms with van der Waals surface area (Å²) in [4.78, 5) is 14.4. The van der Waals surface area contributed by atoms with Crippen LogP contribution in [0, 0.1) is 10.1 Å². The molecule has 2 rings (SSSR count). The van der Waals surface area contributed by atoms with Crippen molar-refractivity contribution in [3.63, 3.8) is 0 Å². The van der Waals surface area contributed by atoms with Crippen LogP contribution < -0.4 is 0 Å². The molecule has 94 valence electrons. The molecule has 0 aliphatic heterocycles. The van der Waals surface area contributed by atoms with Gasteiger partial charge in [0, 0.05) is 18.1 Å². The maximum Gasteiger partial charge on any atom is 0.288 e. The van der Waals surface area contributed by atoms with Gasteiger partial charge in [-0.05, 0) is 18.6 Å². The zero-order chi connectivity index (χ0) is 13.1. The van der Waals surface area contributed by atoms with Crippen molar-refractivity contribution in [1.82, 2.24) is 10.1 Å². The van der Waals surface area contributed by atoms with Crippen molar-refractivity contribution in [1.29, 1.82) is 0 Å². The third-order valence-electron chi connectivity index (χ3n) is 2.33. The second kappa shape index (κ2) is 5.14. The summed E-state index contributed by atoms with van der Waals surface area (Å²) in [6, 6.07) is 4.38. The zero-order valence-electron chi connectivity index (χ0n) is 9.59. The first-order chi connectivity index (χ1) is 8.61. The van der Waals surface area contributed by atoms with Crippen LogP contribution in [0.4, 0.5) is 5.69 Å². The molecule has 2 aromatic rings. The van der Waals surface area contributed by atoms with Crippen LogP contribution >= 0.6 is 11.6 Å². The second-order valence-corrected chi connectivity index (χ2v) is 4.10. The Hall–Kier alpha value is -1.95. The molecule has 0 unspecified atom stereocenters. The molecule has 0 saturated heterocycles. The van der Waals surface area contributed by atoms with E-state index in [4.69, 9.17) is 16.1 Å². The Bertz CT molecular complexity index is 583. The van der Waals surface area contributed by atoms with E-state index >= 15 is 0 Å². The summed E-state index contributed by atoms with van der Waals surface area (Å²) in [5.74, 6) is 0.850. The fraction of sp³-hybridized carbons (Fsp3) is 0.273. The number of rotatable bonds is 4. The van der Waals surface area contributed by atoms with Gasteiger partial charge in [-0.15, -0.1) is 0 Å². The van der Waals surface area contributed by atoms with Gasteiger partial charge in [-0.1, -0.05) is 23.7 Å². The number of nitro benzene ring substituents is 1. The van der Waals surface area contributed by atoms with E-state index < -0.39 is 4.92 Å². The maximum atomic E-state index is 10.8. The van der Waals surface area contributed by atoms with Crippen molar-refractivity contribution >= 4 is 17.3 Å². The highest BCUT2D eigenvalue weighted by Gasteiger charge is 2.16. The number of halogens is 1. The first-order valence-electron chi connectivity index (χ1n) is 5.38. The van der Waals surface area contributed by atoms with E-state index in [9.17, 15) is 10.1 Å². The average Bonchev–Trinajstić information content (AvgIpc) is 2.78. The lowest BCUT2D eigenvalue weighted by molar-refractivity contribution is -0.384. The summed E-state index contributed by atoms with van der Waals surface area (Å²) in [6.07, 6.45) is 1.61. The van der Waals surface area contributed by atoms with Gasteiger partial charge in [-0.2, -0.15) is 4.98 Å². The SMILES string of the molecule is CCCc1noc(-c2ccc(Cl)c([N+](=O)[O-])c2)n1. The minimum Gasteiger partial charge on any atom is -0.334 e. The quantitative estimate of drug-likeness (QED) is 0.627. The average molecular weight is 268 g/mol. The third-order valence-corrected chi connectivity index (χ3v) is 2.65. The zero-order valence-corrected chi connectivity index (χ0v) is 10.3. The highest BCUT2D eigenvalue weighted by molar-refractivity contribution is 6.32. The first kappa shape index (κ1) is 12.5. The molecule has 0 N–H and O–H groups in total. The molecule has 1 heterocycles. The van der Waals surface area contributed by atoms with Crippen LogP contribution in [-0.2, 0) is 6.42 Å². The van der Waals surface area contributed by atoms with E-state index in [1.54, 1.807) is 6.07 Å². The summed E-state index contributed by atoms with van der Waals surface area (Å²) in [5, 5.41) is 14.6. The van der Waals surface area contributed by atoms with Gasteiger partial charge >= 0.3 is 0 Å². The maximum absolute atomic E-state index is 10.8. The van der Waals surface area contributed by atoms with Crippen molar-refractivity contribution < 1.29 is 9.45 Å². The van der Waals surface area contributed by atoms with Crippen molar-refractivity contribution in [2.75, 3.05) is 0 Å².